The fraction of sp³-hybridized carbons (Fsp3) is 0.688. The van der Waals surface area contributed by atoms with Crippen LogP contribution in [0.3, 0.4) is 0 Å². The van der Waals surface area contributed by atoms with Gasteiger partial charge in [-0.25, -0.2) is 0 Å². The lowest BCUT2D eigenvalue weighted by atomic mass is 9.74. The van der Waals surface area contributed by atoms with Crippen molar-refractivity contribution < 1.29 is 5.11 Å². The minimum atomic E-state index is -0.180. The standard InChI is InChI=1S/C16H25NO/c1-12(2)14-3-5-15(6-4-14)16(18)11-13-7-9-17-10-8-13/h7-10,12,14-16,18H,3-6,11H2,1-2H3. The Labute approximate surface area is 110 Å². The van der Waals surface area contributed by atoms with E-state index in [1.165, 1.54) is 31.2 Å². The van der Waals surface area contributed by atoms with E-state index in [1.54, 1.807) is 12.4 Å². The molecule has 1 heterocycles. The third-order valence-electron chi connectivity index (χ3n) is 4.50. The molecule has 0 spiro atoms. The first-order chi connectivity index (χ1) is 8.66. The van der Waals surface area contributed by atoms with E-state index in [2.05, 4.69) is 18.8 Å². The lowest BCUT2D eigenvalue weighted by molar-refractivity contribution is 0.0675. The van der Waals surface area contributed by atoms with Crippen LogP contribution in [0.5, 0.6) is 0 Å². The zero-order chi connectivity index (χ0) is 13.0. The first kappa shape index (κ1) is 13.5. The number of rotatable bonds is 4. The van der Waals surface area contributed by atoms with Crippen LogP contribution < -0.4 is 0 Å². The molecule has 100 valence electrons. The van der Waals surface area contributed by atoms with Gasteiger partial charge in [-0.3, -0.25) is 4.98 Å². The number of aliphatic hydroxyl groups excluding tert-OH is 1. The molecule has 0 radical (unpaired) electrons. The molecule has 2 heteroatoms. The summed E-state index contributed by atoms with van der Waals surface area (Å²) in [7, 11) is 0. The molecule has 2 rings (SSSR count). The van der Waals surface area contributed by atoms with Crippen molar-refractivity contribution in [3.05, 3.63) is 30.1 Å². The number of aromatic nitrogens is 1. The summed E-state index contributed by atoms with van der Waals surface area (Å²) in [6.07, 6.45) is 9.16. The van der Waals surface area contributed by atoms with Gasteiger partial charge in [0, 0.05) is 12.4 Å². The first-order valence-corrected chi connectivity index (χ1v) is 7.23. The van der Waals surface area contributed by atoms with Gasteiger partial charge in [-0.2, -0.15) is 0 Å². The molecule has 1 aliphatic carbocycles. The molecule has 1 N–H and O–H groups in total. The summed E-state index contributed by atoms with van der Waals surface area (Å²) < 4.78 is 0. The van der Waals surface area contributed by atoms with E-state index in [9.17, 15) is 5.11 Å². The number of aliphatic hydroxyl groups is 1. The maximum absolute atomic E-state index is 10.3. The van der Waals surface area contributed by atoms with Crippen LogP contribution in [0.4, 0.5) is 0 Å². The van der Waals surface area contributed by atoms with Crippen molar-refractivity contribution >= 4 is 0 Å². The maximum Gasteiger partial charge on any atom is 0.0608 e. The minimum Gasteiger partial charge on any atom is -0.392 e. The normalized spacial score (nSPS) is 26.2. The van der Waals surface area contributed by atoms with Gasteiger partial charge in [0.25, 0.3) is 0 Å². The predicted octanol–water partition coefficient (Wildman–Crippen LogP) is 3.45. The Hall–Kier alpha value is -0.890. The fourth-order valence-electron chi connectivity index (χ4n) is 3.12. The zero-order valence-corrected chi connectivity index (χ0v) is 11.5. The highest BCUT2D eigenvalue weighted by atomic mass is 16.3. The van der Waals surface area contributed by atoms with Crippen LogP contribution >= 0.6 is 0 Å². The fourth-order valence-corrected chi connectivity index (χ4v) is 3.12. The molecule has 1 unspecified atom stereocenters. The highest BCUT2D eigenvalue weighted by Crippen LogP contribution is 2.35. The smallest absolute Gasteiger partial charge is 0.0608 e. The van der Waals surface area contributed by atoms with Crippen molar-refractivity contribution in [1.82, 2.24) is 4.98 Å². The molecule has 1 aliphatic rings. The molecule has 0 bridgehead atoms. The minimum absolute atomic E-state index is 0.180. The van der Waals surface area contributed by atoms with Crippen molar-refractivity contribution in [3.8, 4) is 0 Å². The molecule has 1 saturated carbocycles. The van der Waals surface area contributed by atoms with Gasteiger partial charge in [-0.05, 0) is 67.6 Å². The molecule has 0 aliphatic heterocycles. The highest BCUT2D eigenvalue weighted by Gasteiger charge is 2.27. The van der Waals surface area contributed by atoms with E-state index in [-0.39, 0.29) is 6.10 Å². The third-order valence-corrected chi connectivity index (χ3v) is 4.50. The zero-order valence-electron chi connectivity index (χ0n) is 11.5. The number of hydrogen-bond donors (Lipinski definition) is 1. The number of pyridine rings is 1. The summed E-state index contributed by atoms with van der Waals surface area (Å²) in [6.45, 7) is 4.64. The summed E-state index contributed by atoms with van der Waals surface area (Å²) in [6, 6.07) is 4.01. The molecular weight excluding hydrogens is 222 g/mol. The Bertz CT molecular complexity index is 341. The molecule has 2 nitrogen and oxygen atoms in total. The Balaban J connectivity index is 1.82. The van der Waals surface area contributed by atoms with E-state index in [4.69, 9.17) is 0 Å². The van der Waals surface area contributed by atoms with Gasteiger partial charge in [0.1, 0.15) is 0 Å². The second-order valence-electron chi connectivity index (χ2n) is 6.05. The molecule has 0 saturated heterocycles. The average Bonchev–Trinajstić information content (AvgIpc) is 2.40. The largest absolute Gasteiger partial charge is 0.392 e. The van der Waals surface area contributed by atoms with Crippen LogP contribution in [0.15, 0.2) is 24.5 Å². The van der Waals surface area contributed by atoms with Crippen molar-refractivity contribution in [2.75, 3.05) is 0 Å². The van der Waals surface area contributed by atoms with E-state index in [0.717, 1.165) is 18.3 Å². The van der Waals surface area contributed by atoms with Gasteiger partial charge in [0.15, 0.2) is 0 Å². The molecule has 0 aromatic carbocycles. The summed E-state index contributed by atoms with van der Waals surface area (Å²) in [5.41, 5.74) is 1.20. The van der Waals surface area contributed by atoms with Crippen LogP contribution in [-0.4, -0.2) is 16.2 Å². The average molecular weight is 247 g/mol. The van der Waals surface area contributed by atoms with Crippen molar-refractivity contribution in [2.24, 2.45) is 17.8 Å². The summed E-state index contributed by atoms with van der Waals surface area (Å²) in [5, 5.41) is 10.3. The van der Waals surface area contributed by atoms with Gasteiger partial charge < -0.3 is 5.11 Å². The van der Waals surface area contributed by atoms with Gasteiger partial charge in [0.05, 0.1) is 6.10 Å². The SMILES string of the molecule is CC(C)C1CCC(C(O)Cc2ccncc2)CC1. The van der Waals surface area contributed by atoms with Crippen molar-refractivity contribution in [1.29, 1.82) is 0 Å². The molecular formula is C16H25NO. The topological polar surface area (TPSA) is 33.1 Å². The van der Waals surface area contributed by atoms with Crippen molar-refractivity contribution in [2.45, 2.75) is 52.1 Å². The molecule has 1 atom stereocenters. The van der Waals surface area contributed by atoms with Gasteiger partial charge in [-0.1, -0.05) is 13.8 Å². The predicted molar refractivity (Wildman–Crippen MR) is 74.2 cm³/mol. The lowest BCUT2D eigenvalue weighted by Gasteiger charge is -2.33. The van der Waals surface area contributed by atoms with Crippen LogP contribution in [0, 0.1) is 17.8 Å². The maximum atomic E-state index is 10.3. The van der Waals surface area contributed by atoms with E-state index < -0.39 is 0 Å². The van der Waals surface area contributed by atoms with Gasteiger partial charge in [-0.15, -0.1) is 0 Å². The number of hydrogen-bond acceptors (Lipinski definition) is 2. The van der Waals surface area contributed by atoms with Gasteiger partial charge >= 0.3 is 0 Å². The summed E-state index contributed by atoms with van der Waals surface area (Å²) in [4.78, 5) is 4.01. The van der Waals surface area contributed by atoms with E-state index >= 15 is 0 Å². The Kier molecular flexibility index (Phi) is 4.76. The van der Waals surface area contributed by atoms with E-state index in [1.807, 2.05) is 12.1 Å². The van der Waals surface area contributed by atoms with Crippen LogP contribution in [0.25, 0.3) is 0 Å². The third kappa shape index (κ3) is 3.55. The summed E-state index contributed by atoms with van der Waals surface area (Å²) >= 11 is 0. The Morgan fingerprint density at radius 1 is 1.11 bits per heavy atom. The number of nitrogens with zero attached hydrogens (tertiary/aromatic N) is 1. The molecule has 0 amide bonds. The lowest BCUT2D eigenvalue weighted by Crippen LogP contribution is -2.28. The van der Waals surface area contributed by atoms with Crippen LogP contribution in [0.2, 0.25) is 0 Å². The monoisotopic (exact) mass is 247 g/mol. The van der Waals surface area contributed by atoms with Crippen molar-refractivity contribution in [3.63, 3.8) is 0 Å². The Morgan fingerprint density at radius 2 is 1.67 bits per heavy atom. The Morgan fingerprint density at radius 3 is 2.22 bits per heavy atom. The second-order valence-corrected chi connectivity index (χ2v) is 6.05. The quantitative estimate of drug-likeness (QED) is 0.884. The molecule has 18 heavy (non-hydrogen) atoms. The summed E-state index contributed by atoms with van der Waals surface area (Å²) in [5.74, 6) is 2.16. The van der Waals surface area contributed by atoms with E-state index in [0.29, 0.717) is 5.92 Å². The second kappa shape index (κ2) is 6.33. The van der Waals surface area contributed by atoms with Crippen LogP contribution in [-0.2, 0) is 6.42 Å². The molecule has 1 fully saturated rings. The molecule has 1 aromatic rings. The van der Waals surface area contributed by atoms with Gasteiger partial charge in [0.2, 0.25) is 0 Å². The van der Waals surface area contributed by atoms with Crippen LogP contribution in [0.1, 0.15) is 45.1 Å². The highest BCUT2D eigenvalue weighted by molar-refractivity contribution is 5.11. The first-order valence-electron chi connectivity index (χ1n) is 7.23. The molecule has 1 aromatic heterocycles.